The van der Waals surface area contributed by atoms with Crippen LogP contribution in [0.15, 0.2) is 0 Å². The molecule has 0 aromatic heterocycles. The summed E-state index contributed by atoms with van der Waals surface area (Å²) in [6.45, 7) is 7.70. The molecule has 3 aliphatic rings. The number of ether oxygens (including phenoxy) is 1. The molecule has 0 bridgehead atoms. The van der Waals surface area contributed by atoms with Crippen LogP contribution in [0.4, 0.5) is 0 Å². The first-order valence-electron chi connectivity index (χ1n) is 5.79. The van der Waals surface area contributed by atoms with Crippen LogP contribution in [0.25, 0.3) is 0 Å². The van der Waals surface area contributed by atoms with Crippen molar-refractivity contribution in [1.82, 2.24) is 10.6 Å². The molecule has 3 heteroatoms. The van der Waals surface area contributed by atoms with E-state index in [4.69, 9.17) is 4.74 Å². The van der Waals surface area contributed by atoms with E-state index in [0.29, 0.717) is 17.4 Å². The van der Waals surface area contributed by atoms with Crippen molar-refractivity contribution in [3.05, 3.63) is 0 Å². The quantitative estimate of drug-likeness (QED) is 0.648. The molecule has 1 unspecified atom stereocenters. The zero-order chi connectivity index (χ0) is 9.81. The van der Waals surface area contributed by atoms with Crippen molar-refractivity contribution >= 4 is 0 Å². The zero-order valence-electron chi connectivity index (χ0n) is 9.10. The lowest BCUT2D eigenvalue weighted by atomic mass is 9.86. The van der Waals surface area contributed by atoms with Crippen LogP contribution in [0.2, 0.25) is 0 Å². The lowest BCUT2D eigenvalue weighted by molar-refractivity contribution is -0.207. The second kappa shape index (κ2) is 2.71. The van der Waals surface area contributed by atoms with Crippen LogP contribution in [0.3, 0.4) is 0 Å². The van der Waals surface area contributed by atoms with E-state index < -0.39 is 0 Å². The van der Waals surface area contributed by atoms with Gasteiger partial charge < -0.3 is 10.1 Å². The standard InChI is InChI=1S/C11H20N2O/c1-8(2)9-10(3-4-10)5-13-11(14-9)6-12-7-11/h8-9,12-13H,3-7H2,1-2H3. The second-order valence-electron chi connectivity index (χ2n) is 5.60. The van der Waals surface area contributed by atoms with E-state index in [2.05, 4.69) is 24.5 Å². The minimum absolute atomic E-state index is 0.0111. The van der Waals surface area contributed by atoms with Crippen molar-refractivity contribution in [2.45, 2.75) is 38.5 Å². The Balaban J connectivity index is 1.77. The van der Waals surface area contributed by atoms with E-state index in [0.717, 1.165) is 19.6 Å². The largest absolute Gasteiger partial charge is 0.354 e. The Kier molecular flexibility index (Phi) is 1.77. The highest BCUT2D eigenvalue weighted by molar-refractivity contribution is 5.09. The van der Waals surface area contributed by atoms with Gasteiger partial charge in [0.05, 0.1) is 6.10 Å². The Hall–Kier alpha value is -0.120. The Morgan fingerprint density at radius 3 is 2.36 bits per heavy atom. The molecule has 3 nitrogen and oxygen atoms in total. The fourth-order valence-electron chi connectivity index (χ4n) is 2.87. The highest BCUT2D eigenvalue weighted by Gasteiger charge is 2.58. The molecule has 1 saturated carbocycles. The van der Waals surface area contributed by atoms with Gasteiger partial charge in [-0.05, 0) is 18.8 Å². The first kappa shape index (κ1) is 9.13. The second-order valence-corrected chi connectivity index (χ2v) is 5.60. The first-order valence-corrected chi connectivity index (χ1v) is 5.79. The summed E-state index contributed by atoms with van der Waals surface area (Å²) in [5.74, 6) is 0.650. The van der Waals surface area contributed by atoms with Crippen molar-refractivity contribution in [3.63, 3.8) is 0 Å². The Morgan fingerprint density at radius 2 is 1.93 bits per heavy atom. The van der Waals surface area contributed by atoms with Crippen LogP contribution in [0.1, 0.15) is 26.7 Å². The van der Waals surface area contributed by atoms with Crippen LogP contribution < -0.4 is 10.6 Å². The summed E-state index contributed by atoms with van der Waals surface area (Å²) in [5, 5.41) is 6.88. The van der Waals surface area contributed by atoms with E-state index in [-0.39, 0.29) is 5.72 Å². The predicted molar refractivity (Wildman–Crippen MR) is 55.0 cm³/mol. The van der Waals surface area contributed by atoms with Crippen molar-refractivity contribution < 1.29 is 4.74 Å². The van der Waals surface area contributed by atoms with Crippen molar-refractivity contribution in [2.75, 3.05) is 19.6 Å². The maximum absolute atomic E-state index is 6.28. The number of nitrogens with one attached hydrogen (secondary N) is 2. The highest BCUT2D eigenvalue weighted by atomic mass is 16.5. The van der Waals surface area contributed by atoms with Gasteiger partial charge in [0.25, 0.3) is 0 Å². The molecular formula is C11H20N2O. The number of rotatable bonds is 1. The van der Waals surface area contributed by atoms with Gasteiger partial charge >= 0.3 is 0 Å². The van der Waals surface area contributed by atoms with Crippen molar-refractivity contribution in [2.24, 2.45) is 11.3 Å². The van der Waals surface area contributed by atoms with E-state index >= 15 is 0 Å². The monoisotopic (exact) mass is 196 g/mol. The van der Waals surface area contributed by atoms with Crippen LogP contribution in [-0.2, 0) is 4.74 Å². The summed E-state index contributed by atoms with van der Waals surface area (Å²) in [6.07, 6.45) is 3.18. The van der Waals surface area contributed by atoms with Crippen molar-refractivity contribution in [3.8, 4) is 0 Å². The lowest BCUT2D eigenvalue weighted by Crippen LogP contribution is -2.74. The van der Waals surface area contributed by atoms with Gasteiger partial charge in [-0.3, -0.25) is 5.32 Å². The average molecular weight is 196 g/mol. The Labute approximate surface area is 85.6 Å². The van der Waals surface area contributed by atoms with Gasteiger partial charge in [0, 0.05) is 25.0 Å². The molecule has 80 valence electrons. The van der Waals surface area contributed by atoms with Gasteiger partial charge in [0.2, 0.25) is 0 Å². The molecule has 2 heterocycles. The summed E-state index contributed by atoms with van der Waals surface area (Å²) in [4.78, 5) is 0. The van der Waals surface area contributed by atoms with Gasteiger partial charge in [0.1, 0.15) is 5.72 Å². The molecule has 0 aromatic rings. The molecule has 1 aliphatic carbocycles. The van der Waals surface area contributed by atoms with E-state index in [9.17, 15) is 0 Å². The molecule has 0 amide bonds. The maximum Gasteiger partial charge on any atom is 0.144 e. The van der Waals surface area contributed by atoms with Crippen molar-refractivity contribution in [1.29, 1.82) is 0 Å². The van der Waals surface area contributed by atoms with Crippen LogP contribution >= 0.6 is 0 Å². The molecular weight excluding hydrogens is 176 g/mol. The molecule has 1 atom stereocenters. The zero-order valence-corrected chi connectivity index (χ0v) is 9.10. The molecule has 2 spiro atoms. The predicted octanol–water partition coefficient (Wildman–Crippen LogP) is 0.710. The van der Waals surface area contributed by atoms with Gasteiger partial charge in [-0.15, -0.1) is 0 Å². The van der Waals surface area contributed by atoms with Crippen LogP contribution in [0, 0.1) is 11.3 Å². The lowest BCUT2D eigenvalue weighted by Gasteiger charge is -2.52. The fourth-order valence-corrected chi connectivity index (χ4v) is 2.87. The van der Waals surface area contributed by atoms with Crippen LogP contribution in [-0.4, -0.2) is 31.5 Å². The maximum atomic E-state index is 6.28. The highest BCUT2D eigenvalue weighted by Crippen LogP contribution is 2.54. The number of hydrogen-bond donors (Lipinski definition) is 2. The molecule has 0 aromatic carbocycles. The van der Waals surface area contributed by atoms with E-state index in [1.807, 2.05) is 0 Å². The summed E-state index contributed by atoms with van der Waals surface area (Å²) in [6, 6.07) is 0. The topological polar surface area (TPSA) is 33.3 Å². The minimum Gasteiger partial charge on any atom is -0.354 e. The van der Waals surface area contributed by atoms with Gasteiger partial charge in [0.15, 0.2) is 0 Å². The third kappa shape index (κ3) is 1.16. The summed E-state index contributed by atoms with van der Waals surface area (Å²) >= 11 is 0. The Bertz CT molecular complexity index is 244. The molecule has 2 aliphatic heterocycles. The molecule has 0 radical (unpaired) electrons. The smallest absolute Gasteiger partial charge is 0.144 e. The van der Waals surface area contributed by atoms with E-state index in [1.165, 1.54) is 12.8 Å². The van der Waals surface area contributed by atoms with Crippen LogP contribution in [0.5, 0.6) is 0 Å². The Morgan fingerprint density at radius 1 is 1.21 bits per heavy atom. The molecule has 2 saturated heterocycles. The van der Waals surface area contributed by atoms with Gasteiger partial charge in [-0.1, -0.05) is 13.8 Å². The minimum atomic E-state index is -0.0111. The fraction of sp³-hybridized carbons (Fsp3) is 1.00. The molecule has 14 heavy (non-hydrogen) atoms. The summed E-state index contributed by atoms with van der Waals surface area (Å²) < 4.78 is 6.28. The summed E-state index contributed by atoms with van der Waals surface area (Å²) in [5.41, 5.74) is 0.484. The average Bonchev–Trinajstić information content (AvgIpc) is 2.83. The number of hydrogen-bond acceptors (Lipinski definition) is 3. The third-order valence-electron chi connectivity index (χ3n) is 4.04. The van der Waals surface area contributed by atoms with E-state index in [1.54, 1.807) is 0 Å². The molecule has 3 fully saturated rings. The van der Waals surface area contributed by atoms with Gasteiger partial charge in [-0.2, -0.15) is 0 Å². The third-order valence-corrected chi connectivity index (χ3v) is 4.04. The SMILES string of the molecule is CC(C)C1OC2(CNC2)NCC12CC2. The molecule has 2 N–H and O–H groups in total. The normalized spacial score (nSPS) is 37.5. The molecule has 3 rings (SSSR count). The van der Waals surface area contributed by atoms with Gasteiger partial charge in [-0.25, -0.2) is 0 Å². The first-order chi connectivity index (χ1) is 6.66. The summed E-state index contributed by atoms with van der Waals surface area (Å²) in [7, 11) is 0.